The minimum absolute atomic E-state index is 0.127. The third-order valence-corrected chi connectivity index (χ3v) is 7.11. The van der Waals surface area contributed by atoms with Crippen LogP contribution in [0.5, 0.6) is 5.75 Å². The Morgan fingerprint density at radius 3 is 2.83 bits per heavy atom. The van der Waals surface area contributed by atoms with Crippen LogP contribution in [-0.4, -0.2) is 31.1 Å². The molecule has 1 aliphatic heterocycles. The summed E-state index contributed by atoms with van der Waals surface area (Å²) in [4.78, 5) is 25.9. The lowest BCUT2D eigenvalue weighted by atomic mass is 9.95. The van der Waals surface area contributed by atoms with Crippen LogP contribution in [0.25, 0.3) is 0 Å². The molecule has 2 amide bonds. The Morgan fingerprint density at radius 1 is 1.28 bits per heavy atom. The molecule has 4 rings (SSSR count). The van der Waals surface area contributed by atoms with E-state index in [4.69, 9.17) is 15.2 Å². The number of hydrogen-bond donors (Lipinski definition) is 2. The average Bonchev–Trinajstić information content (AvgIpc) is 3.34. The van der Waals surface area contributed by atoms with Crippen LogP contribution >= 0.6 is 27.3 Å². The molecule has 1 aromatic heterocycles. The minimum Gasteiger partial charge on any atom is -0.490 e. The molecule has 8 heteroatoms. The molecule has 2 heterocycles. The highest BCUT2D eigenvalue weighted by Crippen LogP contribution is 2.38. The first-order valence-corrected chi connectivity index (χ1v) is 11.4. The number of nitrogens with one attached hydrogen (secondary N) is 1. The van der Waals surface area contributed by atoms with Gasteiger partial charge in [0.2, 0.25) is 0 Å². The van der Waals surface area contributed by atoms with Crippen LogP contribution in [0.4, 0.5) is 5.00 Å². The summed E-state index contributed by atoms with van der Waals surface area (Å²) < 4.78 is 12.1. The number of hydrogen-bond acceptors (Lipinski definition) is 5. The van der Waals surface area contributed by atoms with E-state index < -0.39 is 5.91 Å². The molecule has 1 unspecified atom stereocenters. The number of carbonyl (C=O) groups is 2. The number of amides is 2. The smallest absolute Gasteiger partial charge is 0.256 e. The maximum Gasteiger partial charge on any atom is 0.256 e. The Morgan fingerprint density at radius 2 is 2.10 bits per heavy atom. The fraction of sp³-hybridized carbons (Fsp3) is 0.429. The Kier molecular flexibility index (Phi) is 6.22. The Labute approximate surface area is 181 Å². The SMILES string of the molecule is NC(=O)c1c(NC(=O)c2ccc(OCC3CCCO3)c(Br)c2)sc2c1CCCC2. The first-order valence-electron chi connectivity index (χ1n) is 9.82. The zero-order valence-corrected chi connectivity index (χ0v) is 18.4. The van der Waals surface area contributed by atoms with Crippen LogP contribution in [0.2, 0.25) is 0 Å². The third kappa shape index (κ3) is 4.49. The molecule has 0 saturated carbocycles. The van der Waals surface area contributed by atoms with E-state index in [1.165, 1.54) is 11.3 Å². The number of rotatable bonds is 6. The second-order valence-corrected chi connectivity index (χ2v) is 9.28. The van der Waals surface area contributed by atoms with Crippen LogP contribution in [0.1, 0.15) is 56.8 Å². The fourth-order valence-corrected chi connectivity index (χ4v) is 5.59. The van der Waals surface area contributed by atoms with Crippen LogP contribution < -0.4 is 15.8 Å². The van der Waals surface area contributed by atoms with Crippen molar-refractivity contribution < 1.29 is 19.1 Å². The normalized spacial score (nSPS) is 18.3. The molecule has 29 heavy (non-hydrogen) atoms. The van der Waals surface area contributed by atoms with Crippen molar-refractivity contribution in [1.29, 1.82) is 0 Å². The zero-order chi connectivity index (χ0) is 20.4. The van der Waals surface area contributed by atoms with Crippen LogP contribution in [-0.2, 0) is 17.6 Å². The number of anilines is 1. The first kappa shape index (κ1) is 20.4. The van der Waals surface area contributed by atoms with Gasteiger partial charge in [0.25, 0.3) is 11.8 Å². The van der Waals surface area contributed by atoms with E-state index in [-0.39, 0.29) is 12.0 Å². The number of benzene rings is 1. The van der Waals surface area contributed by atoms with Gasteiger partial charge >= 0.3 is 0 Å². The maximum atomic E-state index is 12.8. The van der Waals surface area contributed by atoms with Gasteiger partial charge < -0.3 is 20.5 Å². The van der Waals surface area contributed by atoms with Crippen molar-refractivity contribution in [3.05, 3.63) is 44.2 Å². The van der Waals surface area contributed by atoms with E-state index in [1.807, 2.05) is 0 Å². The summed E-state index contributed by atoms with van der Waals surface area (Å²) in [6.45, 7) is 1.28. The summed E-state index contributed by atoms with van der Waals surface area (Å²) in [5.74, 6) is -0.0994. The van der Waals surface area contributed by atoms with Crippen LogP contribution in [0.15, 0.2) is 22.7 Å². The van der Waals surface area contributed by atoms with Crippen molar-refractivity contribution in [3.63, 3.8) is 0 Å². The van der Waals surface area contributed by atoms with Crippen molar-refractivity contribution in [1.82, 2.24) is 0 Å². The van der Waals surface area contributed by atoms with Gasteiger partial charge in [-0.05, 0) is 78.2 Å². The van der Waals surface area contributed by atoms with E-state index in [1.54, 1.807) is 18.2 Å². The number of carbonyl (C=O) groups excluding carboxylic acids is 2. The Balaban J connectivity index is 1.48. The number of halogens is 1. The van der Waals surface area contributed by atoms with Gasteiger partial charge in [-0.3, -0.25) is 9.59 Å². The molecule has 1 aliphatic carbocycles. The molecular weight excluding hydrogens is 456 g/mol. The summed E-state index contributed by atoms with van der Waals surface area (Å²) in [7, 11) is 0. The van der Waals surface area contributed by atoms with Gasteiger partial charge in [0.1, 0.15) is 17.4 Å². The molecule has 1 fully saturated rings. The molecular formula is C21H23BrN2O4S. The molecule has 3 N–H and O–H groups in total. The summed E-state index contributed by atoms with van der Waals surface area (Å²) >= 11 is 4.94. The lowest BCUT2D eigenvalue weighted by Gasteiger charge is -2.13. The van der Waals surface area contributed by atoms with Crippen molar-refractivity contribution >= 4 is 44.1 Å². The standard InChI is InChI=1S/C21H23BrN2O4S/c22-15-10-12(7-8-16(15)28-11-13-4-3-9-27-13)20(26)24-21-18(19(23)25)14-5-1-2-6-17(14)29-21/h7-8,10,13H,1-6,9,11H2,(H2,23,25)(H,24,26). The van der Waals surface area contributed by atoms with E-state index >= 15 is 0 Å². The predicted octanol–water partition coefficient (Wildman–Crippen LogP) is 4.30. The highest BCUT2D eigenvalue weighted by atomic mass is 79.9. The van der Waals surface area contributed by atoms with Gasteiger partial charge in [0.05, 0.1) is 16.1 Å². The molecule has 0 bridgehead atoms. The Bertz CT molecular complexity index is 937. The zero-order valence-electron chi connectivity index (χ0n) is 16.0. The van der Waals surface area contributed by atoms with Gasteiger partial charge in [-0.2, -0.15) is 0 Å². The lowest BCUT2D eigenvalue weighted by Crippen LogP contribution is -2.19. The molecule has 6 nitrogen and oxygen atoms in total. The molecule has 0 spiro atoms. The number of ether oxygens (including phenoxy) is 2. The molecule has 2 aromatic rings. The molecule has 2 aliphatic rings. The van der Waals surface area contributed by atoms with Gasteiger partial charge in [-0.1, -0.05) is 0 Å². The van der Waals surface area contributed by atoms with E-state index in [2.05, 4.69) is 21.2 Å². The first-order chi connectivity index (χ1) is 14.0. The topological polar surface area (TPSA) is 90.7 Å². The number of nitrogens with two attached hydrogens (primary N) is 1. The van der Waals surface area contributed by atoms with Crippen molar-refractivity contribution in [2.24, 2.45) is 5.73 Å². The average molecular weight is 479 g/mol. The van der Waals surface area contributed by atoms with Crippen molar-refractivity contribution in [2.75, 3.05) is 18.5 Å². The number of thiophene rings is 1. The van der Waals surface area contributed by atoms with Gasteiger partial charge in [0.15, 0.2) is 0 Å². The largest absolute Gasteiger partial charge is 0.490 e. The van der Waals surface area contributed by atoms with Crippen molar-refractivity contribution in [2.45, 2.75) is 44.6 Å². The van der Waals surface area contributed by atoms with Gasteiger partial charge in [-0.25, -0.2) is 0 Å². The third-order valence-electron chi connectivity index (χ3n) is 5.29. The van der Waals surface area contributed by atoms with E-state index in [0.717, 1.165) is 55.6 Å². The number of aryl methyl sites for hydroxylation is 1. The number of primary amides is 1. The van der Waals surface area contributed by atoms with Gasteiger partial charge in [-0.15, -0.1) is 11.3 Å². The Hall–Kier alpha value is -1.90. The van der Waals surface area contributed by atoms with Crippen molar-refractivity contribution in [3.8, 4) is 5.75 Å². The molecule has 1 aromatic carbocycles. The minimum atomic E-state index is -0.487. The molecule has 1 saturated heterocycles. The van der Waals surface area contributed by atoms with Gasteiger partial charge in [0, 0.05) is 17.0 Å². The lowest BCUT2D eigenvalue weighted by molar-refractivity contribution is 0.0677. The molecule has 1 atom stereocenters. The summed E-state index contributed by atoms with van der Waals surface area (Å²) in [6.07, 6.45) is 6.10. The molecule has 154 valence electrons. The second kappa shape index (κ2) is 8.85. The maximum absolute atomic E-state index is 12.8. The van der Waals surface area contributed by atoms with Crippen LogP contribution in [0.3, 0.4) is 0 Å². The summed E-state index contributed by atoms with van der Waals surface area (Å²) in [6, 6.07) is 5.20. The summed E-state index contributed by atoms with van der Waals surface area (Å²) in [5, 5.41) is 3.43. The predicted molar refractivity (Wildman–Crippen MR) is 116 cm³/mol. The second-order valence-electron chi connectivity index (χ2n) is 7.32. The fourth-order valence-electron chi connectivity index (χ4n) is 3.81. The summed E-state index contributed by atoms with van der Waals surface area (Å²) in [5.41, 5.74) is 7.55. The van der Waals surface area contributed by atoms with Crippen LogP contribution in [0, 0.1) is 0 Å². The quantitative estimate of drug-likeness (QED) is 0.647. The van der Waals surface area contributed by atoms with E-state index in [0.29, 0.717) is 33.0 Å². The van der Waals surface area contributed by atoms with E-state index in [9.17, 15) is 9.59 Å². The highest BCUT2D eigenvalue weighted by Gasteiger charge is 2.25. The molecule has 0 radical (unpaired) electrons. The number of fused-ring (bicyclic) bond motifs is 1. The highest BCUT2D eigenvalue weighted by molar-refractivity contribution is 9.10. The monoisotopic (exact) mass is 478 g/mol.